The normalized spacial score (nSPS) is 11.4. The van der Waals surface area contributed by atoms with Crippen molar-refractivity contribution in [2.75, 3.05) is 0 Å². The molecule has 0 atom stereocenters. The summed E-state index contributed by atoms with van der Waals surface area (Å²) in [6.07, 6.45) is 4.27. The molecule has 0 radical (unpaired) electrons. The molecule has 0 unspecified atom stereocenters. The van der Waals surface area contributed by atoms with Gasteiger partial charge in [0.2, 0.25) is 0 Å². The van der Waals surface area contributed by atoms with E-state index in [1.807, 2.05) is 6.92 Å². The van der Waals surface area contributed by atoms with Gasteiger partial charge in [0.25, 0.3) is 0 Å². The van der Waals surface area contributed by atoms with Crippen LogP contribution in [0.15, 0.2) is 30.4 Å². The molecule has 0 aromatic carbocycles. The Morgan fingerprint density at radius 3 is 2.25 bits per heavy atom. The average molecular weight is 215 g/mol. The molecule has 86 valence electrons. The highest BCUT2D eigenvalue weighted by Gasteiger charge is 2.05. The third-order valence-electron chi connectivity index (χ3n) is 2.53. The molecule has 1 aromatic rings. The highest BCUT2D eigenvalue weighted by atomic mass is 14.7. The minimum atomic E-state index is 1.08. The van der Waals surface area contributed by atoms with Crippen LogP contribution in [0.3, 0.4) is 0 Å². The molecule has 1 aromatic heterocycles. The first-order chi connectivity index (χ1) is 7.41. The second-order valence-electron chi connectivity index (χ2n) is 4.62. The van der Waals surface area contributed by atoms with Crippen molar-refractivity contribution in [3.05, 3.63) is 47.3 Å². The molecule has 0 aliphatic carbocycles. The fraction of sp³-hybridized carbons (Fsp3) is 0.333. The van der Waals surface area contributed by atoms with Gasteiger partial charge in [0.1, 0.15) is 0 Å². The molecule has 1 N–H and O–H groups in total. The zero-order valence-electron chi connectivity index (χ0n) is 10.9. The zero-order chi connectivity index (χ0) is 12.3. The van der Waals surface area contributed by atoms with E-state index in [1.165, 1.54) is 22.4 Å². The Kier molecular flexibility index (Phi) is 3.94. The molecule has 0 spiro atoms. The van der Waals surface area contributed by atoms with E-state index < -0.39 is 0 Å². The topological polar surface area (TPSA) is 15.8 Å². The predicted molar refractivity (Wildman–Crippen MR) is 73.3 cm³/mol. The molecular formula is C15H21N. The molecule has 0 saturated carbocycles. The van der Waals surface area contributed by atoms with Crippen molar-refractivity contribution < 1.29 is 0 Å². The van der Waals surface area contributed by atoms with Crippen LogP contribution in [0, 0.1) is 6.92 Å². The van der Waals surface area contributed by atoms with Gasteiger partial charge in [-0.15, -0.1) is 0 Å². The summed E-state index contributed by atoms with van der Waals surface area (Å²) in [5.74, 6) is 0. The monoisotopic (exact) mass is 215 g/mol. The minimum absolute atomic E-state index is 1.08. The molecule has 1 rings (SSSR count). The lowest BCUT2D eigenvalue weighted by molar-refractivity contribution is 1.27. The third-order valence-corrected chi connectivity index (χ3v) is 2.53. The van der Waals surface area contributed by atoms with E-state index >= 15 is 0 Å². The molecule has 0 fully saturated rings. The second-order valence-corrected chi connectivity index (χ2v) is 4.62. The summed E-state index contributed by atoms with van der Waals surface area (Å²) < 4.78 is 0. The first-order valence-electron chi connectivity index (χ1n) is 5.59. The SMILES string of the molecule is C=C(C)c1[nH]c(/C(C)=C/C=C(C)C)cc1C. The maximum Gasteiger partial charge on any atom is 0.0438 e. The number of aromatic amines is 1. The number of hydrogen-bond donors (Lipinski definition) is 1. The van der Waals surface area contributed by atoms with Crippen molar-refractivity contribution in [3.63, 3.8) is 0 Å². The van der Waals surface area contributed by atoms with E-state index in [4.69, 9.17) is 0 Å². The molecule has 0 aliphatic rings. The molecular weight excluding hydrogens is 194 g/mol. The van der Waals surface area contributed by atoms with Crippen molar-refractivity contribution in [2.45, 2.75) is 34.6 Å². The van der Waals surface area contributed by atoms with Crippen LogP contribution < -0.4 is 0 Å². The first kappa shape index (κ1) is 12.6. The van der Waals surface area contributed by atoms with Crippen molar-refractivity contribution >= 4 is 11.1 Å². The van der Waals surface area contributed by atoms with E-state index in [9.17, 15) is 0 Å². The minimum Gasteiger partial charge on any atom is -0.355 e. The summed E-state index contributed by atoms with van der Waals surface area (Å²) in [4.78, 5) is 3.41. The van der Waals surface area contributed by atoms with Crippen molar-refractivity contribution in [2.24, 2.45) is 0 Å². The highest BCUT2D eigenvalue weighted by Crippen LogP contribution is 2.21. The van der Waals surface area contributed by atoms with Crippen LogP contribution in [0.5, 0.6) is 0 Å². The fourth-order valence-electron chi connectivity index (χ4n) is 1.60. The molecule has 0 bridgehead atoms. The fourth-order valence-corrected chi connectivity index (χ4v) is 1.60. The van der Waals surface area contributed by atoms with Gasteiger partial charge in [-0.3, -0.25) is 0 Å². The lowest BCUT2D eigenvalue weighted by atomic mass is 10.1. The number of aryl methyl sites for hydroxylation is 1. The number of rotatable bonds is 3. The van der Waals surface area contributed by atoms with Crippen LogP contribution in [0.4, 0.5) is 0 Å². The van der Waals surface area contributed by atoms with Crippen molar-refractivity contribution in [3.8, 4) is 0 Å². The average Bonchev–Trinajstić information content (AvgIpc) is 2.56. The van der Waals surface area contributed by atoms with Gasteiger partial charge in [-0.05, 0) is 57.4 Å². The quantitative estimate of drug-likeness (QED) is 0.702. The smallest absolute Gasteiger partial charge is 0.0438 e. The second kappa shape index (κ2) is 5.02. The van der Waals surface area contributed by atoms with E-state index in [1.54, 1.807) is 0 Å². The van der Waals surface area contributed by atoms with Gasteiger partial charge < -0.3 is 4.98 Å². The molecule has 16 heavy (non-hydrogen) atoms. The Bertz CT molecular complexity index is 452. The number of aromatic nitrogens is 1. The Balaban J connectivity index is 3.06. The van der Waals surface area contributed by atoms with Gasteiger partial charge in [-0.25, -0.2) is 0 Å². The molecule has 0 aliphatic heterocycles. The first-order valence-corrected chi connectivity index (χ1v) is 5.59. The van der Waals surface area contributed by atoms with Crippen LogP contribution >= 0.6 is 0 Å². The highest BCUT2D eigenvalue weighted by molar-refractivity contribution is 5.69. The van der Waals surface area contributed by atoms with E-state index in [-0.39, 0.29) is 0 Å². The van der Waals surface area contributed by atoms with E-state index in [0.29, 0.717) is 0 Å². The summed E-state index contributed by atoms with van der Waals surface area (Å²) in [7, 11) is 0. The summed E-state index contributed by atoms with van der Waals surface area (Å²) in [5.41, 5.74) is 7.22. The molecule has 1 heterocycles. The van der Waals surface area contributed by atoms with E-state index in [0.717, 1.165) is 11.3 Å². The number of H-pyrrole nitrogens is 1. The predicted octanol–water partition coefficient (Wildman–Crippen LogP) is 4.73. The molecule has 0 saturated heterocycles. The van der Waals surface area contributed by atoms with Gasteiger partial charge in [0.15, 0.2) is 0 Å². The largest absolute Gasteiger partial charge is 0.355 e. The van der Waals surface area contributed by atoms with Gasteiger partial charge in [0, 0.05) is 11.4 Å². The van der Waals surface area contributed by atoms with Crippen LogP contribution in [0.1, 0.15) is 44.6 Å². The maximum atomic E-state index is 3.97. The van der Waals surface area contributed by atoms with Crippen LogP contribution in [0.2, 0.25) is 0 Å². The van der Waals surface area contributed by atoms with E-state index in [2.05, 4.69) is 57.5 Å². The number of nitrogens with one attached hydrogen (secondary N) is 1. The number of hydrogen-bond acceptors (Lipinski definition) is 0. The van der Waals surface area contributed by atoms with Crippen molar-refractivity contribution in [1.29, 1.82) is 0 Å². The third kappa shape index (κ3) is 2.99. The van der Waals surface area contributed by atoms with Crippen LogP contribution in [-0.4, -0.2) is 4.98 Å². The summed E-state index contributed by atoms with van der Waals surface area (Å²) in [6.45, 7) is 14.4. The Morgan fingerprint density at radius 2 is 1.81 bits per heavy atom. The summed E-state index contributed by atoms with van der Waals surface area (Å²) in [5, 5.41) is 0. The zero-order valence-corrected chi connectivity index (χ0v) is 10.9. The van der Waals surface area contributed by atoms with Gasteiger partial charge in [-0.1, -0.05) is 24.3 Å². The Morgan fingerprint density at radius 1 is 1.19 bits per heavy atom. The maximum absolute atomic E-state index is 3.97. The standard InChI is InChI=1S/C15H21N/c1-10(2)7-8-12(5)14-9-13(6)15(16-14)11(3)4/h7-9,16H,3H2,1-2,4-6H3/b12-8+. The number of allylic oxidation sites excluding steroid dienone is 5. The summed E-state index contributed by atoms with van der Waals surface area (Å²) in [6, 6.07) is 2.18. The molecule has 0 amide bonds. The van der Waals surface area contributed by atoms with Crippen LogP contribution in [0.25, 0.3) is 11.1 Å². The summed E-state index contributed by atoms with van der Waals surface area (Å²) >= 11 is 0. The van der Waals surface area contributed by atoms with Gasteiger partial charge in [0.05, 0.1) is 0 Å². The lowest BCUT2D eigenvalue weighted by Crippen LogP contribution is -1.82. The van der Waals surface area contributed by atoms with Crippen molar-refractivity contribution in [1.82, 2.24) is 4.98 Å². The lowest BCUT2D eigenvalue weighted by Gasteiger charge is -1.98. The Labute approximate surface area is 98.6 Å². The van der Waals surface area contributed by atoms with Crippen LogP contribution in [-0.2, 0) is 0 Å². The van der Waals surface area contributed by atoms with Gasteiger partial charge >= 0.3 is 0 Å². The molecule has 1 nitrogen and oxygen atoms in total. The Hall–Kier alpha value is -1.50. The van der Waals surface area contributed by atoms with Gasteiger partial charge in [-0.2, -0.15) is 0 Å². The molecule has 1 heteroatoms.